The average molecular weight is 364 g/mol. The summed E-state index contributed by atoms with van der Waals surface area (Å²) in [5.41, 5.74) is 2.42. The van der Waals surface area contributed by atoms with E-state index in [0.29, 0.717) is 20.7 Å². The van der Waals surface area contributed by atoms with Crippen molar-refractivity contribution < 1.29 is 4.79 Å². The fourth-order valence-corrected chi connectivity index (χ4v) is 3.04. The number of nitrogens with one attached hydrogen (secondary N) is 1. The van der Waals surface area contributed by atoms with Gasteiger partial charge in [0.05, 0.1) is 10.6 Å². The summed E-state index contributed by atoms with van der Waals surface area (Å²) in [4.78, 5) is 12.3. The molecule has 2 aromatic carbocycles. The Hall–Kier alpha value is -1.95. The molecule has 116 valence electrons. The third-order valence-corrected chi connectivity index (χ3v) is 4.57. The van der Waals surface area contributed by atoms with E-state index < -0.39 is 0 Å². The fraction of sp³-hybridized carbons (Fsp3) is 0.0625. The topological polar surface area (TPSA) is 54.9 Å². The van der Waals surface area contributed by atoms with Gasteiger partial charge in [-0.3, -0.25) is 10.1 Å². The molecule has 4 nitrogen and oxygen atoms in total. The Kier molecular flexibility index (Phi) is 4.61. The lowest BCUT2D eigenvalue weighted by atomic mass is 10.2. The van der Waals surface area contributed by atoms with Crippen LogP contribution < -0.4 is 5.32 Å². The Bertz CT molecular complexity index is 862. The number of benzene rings is 2. The van der Waals surface area contributed by atoms with Gasteiger partial charge in [-0.15, -0.1) is 10.2 Å². The largest absolute Gasteiger partial charge is 0.296 e. The number of amides is 1. The normalized spacial score (nSPS) is 10.6. The van der Waals surface area contributed by atoms with E-state index in [2.05, 4.69) is 15.5 Å². The van der Waals surface area contributed by atoms with Gasteiger partial charge in [0.1, 0.15) is 5.01 Å². The van der Waals surface area contributed by atoms with Gasteiger partial charge in [0, 0.05) is 10.6 Å². The molecule has 1 aromatic heterocycles. The first-order valence-corrected chi connectivity index (χ1v) is 8.27. The van der Waals surface area contributed by atoms with Gasteiger partial charge in [-0.1, -0.05) is 64.4 Å². The molecular weight excluding hydrogens is 353 g/mol. The Morgan fingerprint density at radius 2 is 1.83 bits per heavy atom. The molecule has 3 rings (SSSR count). The minimum atomic E-state index is -0.371. The lowest BCUT2D eigenvalue weighted by molar-refractivity contribution is 0.102. The van der Waals surface area contributed by atoms with E-state index >= 15 is 0 Å². The summed E-state index contributed by atoms with van der Waals surface area (Å²) in [5, 5.41) is 12.7. The van der Waals surface area contributed by atoms with Crippen molar-refractivity contribution >= 4 is 45.6 Å². The molecule has 0 bridgehead atoms. The molecular formula is C16H11Cl2N3OS. The molecule has 0 atom stereocenters. The highest BCUT2D eigenvalue weighted by Crippen LogP contribution is 2.27. The summed E-state index contributed by atoms with van der Waals surface area (Å²) in [7, 11) is 0. The van der Waals surface area contributed by atoms with E-state index in [1.807, 2.05) is 31.2 Å². The van der Waals surface area contributed by atoms with Crippen molar-refractivity contribution in [2.45, 2.75) is 6.92 Å². The van der Waals surface area contributed by atoms with Crippen LogP contribution in [0.3, 0.4) is 0 Å². The smallest absolute Gasteiger partial charge is 0.259 e. The van der Waals surface area contributed by atoms with Gasteiger partial charge in [0.2, 0.25) is 5.13 Å². The van der Waals surface area contributed by atoms with Gasteiger partial charge in [-0.2, -0.15) is 0 Å². The van der Waals surface area contributed by atoms with Crippen LogP contribution in [-0.4, -0.2) is 16.1 Å². The molecule has 0 unspecified atom stereocenters. The fourth-order valence-electron chi connectivity index (χ4n) is 1.92. The van der Waals surface area contributed by atoms with Crippen LogP contribution >= 0.6 is 34.5 Å². The number of hydrogen-bond acceptors (Lipinski definition) is 4. The Labute approximate surface area is 147 Å². The molecule has 1 amide bonds. The molecule has 0 aliphatic heterocycles. The minimum absolute atomic E-state index is 0.297. The quantitative estimate of drug-likeness (QED) is 0.706. The van der Waals surface area contributed by atoms with Crippen LogP contribution in [0.2, 0.25) is 10.0 Å². The van der Waals surface area contributed by atoms with Crippen LogP contribution in [0.15, 0.2) is 42.5 Å². The Balaban J connectivity index is 1.80. The van der Waals surface area contributed by atoms with Gasteiger partial charge >= 0.3 is 0 Å². The lowest BCUT2D eigenvalue weighted by Crippen LogP contribution is -2.12. The maximum absolute atomic E-state index is 12.3. The highest BCUT2D eigenvalue weighted by Gasteiger charge is 2.14. The number of aryl methyl sites for hydroxylation is 1. The molecule has 1 heterocycles. The summed E-state index contributed by atoms with van der Waals surface area (Å²) >= 11 is 13.2. The number of nitrogens with zero attached hydrogens (tertiary/aromatic N) is 2. The maximum atomic E-state index is 12.3. The standard InChI is InChI=1S/C16H11Cl2N3OS/c1-9-2-4-10(5-3-9)15-20-21-16(23-15)19-14(22)12-8-11(17)6-7-13(12)18/h2-8H,1H3,(H,19,21,22). The Morgan fingerprint density at radius 3 is 2.57 bits per heavy atom. The second-order valence-corrected chi connectivity index (χ2v) is 6.68. The van der Waals surface area contributed by atoms with Gasteiger partial charge in [0.25, 0.3) is 5.91 Å². The van der Waals surface area contributed by atoms with E-state index in [1.165, 1.54) is 23.0 Å². The van der Waals surface area contributed by atoms with Crippen LogP contribution in [0.5, 0.6) is 0 Å². The van der Waals surface area contributed by atoms with E-state index in [9.17, 15) is 4.79 Å². The molecule has 0 fully saturated rings. The number of carbonyl (C=O) groups excluding carboxylic acids is 1. The van der Waals surface area contributed by atoms with Crippen LogP contribution in [0, 0.1) is 6.92 Å². The van der Waals surface area contributed by atoms with Crippen molar-refractivity contribution in [1.29, 1.82) is 0 Å². The summed E-state index contributed by atoms with van der Waals surface area (Å²) in [6.07, 6.45) is 0. The summed E-state index contributed by atoms with van der Waals surface area (Å²) in [6, 6.07) is 12.7. The number of hydrogen-bond donors (Lipinski definition) is 1. The van der Waals surface area contributed by atoms with E-state index in [1.54, 1.807) is 12.1 Å². The Morgan fingerprint density at radius 1 is 1.09 bits per heavy atom. The summed E-state index contributed by atoms with van der Waals surface area (Å²) in [5.74, 6) is -0.371. The highest BCUT2D eigenvalue weighted by atomic mass is 35.5. The van der Waals surface area contributed by atoms with E-state index in [4.69, 9.17) is 23.2 Å². The van der Waals surface area contributed by atoms with Crippen molar-refractivity contribution in [3.8, 4) is 10.6 Å². The predicted molar refractivity (Wildman–Crippen MR) is 94.5 cm³/mol. The number of rotatable bonds is 3. The van der Waals surface area contributed by atoms with Crippen molar-refractivity contribution in [1.82, 2.24) is 10.2 Å². The number of aromatic nitrogens is 2. The number of halogens is 2. The molecule has 3 aromatic rings. The average Bonchev–Trinajstić information content (AvgIpc) is 2.99. The second kappa shape index (κ2) is 6.66. The van der Waals surface area contributed by atoms with Crippen molar-refractivity contribution in [3.05, 3.63) is 63.6 Å². The van der Waals surface area contributed by atoms with E-state index in [0.717, 1.165) is 10.6 Å². The van der Waals surface area contributed by atoms with Gasteiger partial charge < -0.3 is 0 Å². The third-order valence-electron chi connectivity index (χ3n) is 3.12. The molecule has 0 aliphatic carbocycles. The van der Waals surface area contributed by atoms with Crippen LogP contribution in [-0.2, 0) is 0 Å². The monoisotopic (exact) mass is 363 g/mol. The molecule has 0 radical (unpaired) electrons. The number of anilines is 1. The molecule has 0 saturated heterocycles. The summed E-state index contributed by atoms with van der Waals surface area (Å²) in [6.45, 7) is 2.02. The number of carbonyl (C=O) groups is 1. The van der Waals surface area contributed by atoms with Gasteiger partial charge in [0.15, 0.2) is 0 Å². The SMILES string of the molecule is Cc1ccc(-c2nnc(NC(=O)c3cc(Cl)ccc3Cl)s2)cc1. The zero-order chi connectivity index (χ0) is 16.4. The van der Waals surface area contributed by atoms with Crippen LogP contribution in [0.4, 0.5) is 5.13 Å². The molecule has 0 saturated carbocycles. The molecule has 23 heavy (non-hydrogen) atoms. The van der Waals surface area contributed by atoms with Crippen molar-refractivity contribution in [2.24, 2.45) is 0 Å². The van der Waals surface area contributed by atoms with Crippen LogP contribution in [0.1, 0.15) is 15.9 Å². The lowest BCUT2D eigenvalue weighted by Gasteiger charge is -2.03. The predicted octanol–water partition coefficient (Wildman–Crippen LogP) is 5.07. The van der Waals surface area contributed by atoms with Crippen molar-refractivity contribution in [3.63, 3.8) is 0 Å². The third kappa shape index (κ3) is 3.69. The maximum Gasteiger partial charge on any atom is 0.259 e. The first-order valence-electron chi connectivity index (χ1n) is 6.70. The van der Waals surface area contributed by atoms with Gasteiger partial charge in [-0.25, -0.2) is 0 Å². The highest BCUT2D eigenvalue weighted by molar-refractivity contribution is 7.18. The summed E-state index contributed by atoms with van der Waals surface area (Å²) < 4.78 is 0. The molecule has 0 spiro atoms. The van der Waals surface area contributed by atoms with Crippen LogP contribution in [0.25, 0.3) is 10.6 Å². The zero-order valence-corrected chi connectivity index (χ0v) is 14.3. The first-order chi connectivity index (χ1) is 11.0. The van der Waals surface area contributed by atoms with Crippen molar-refractivity contribution in [2.75, 3.05) is 5.32 Å². The molecule has 1 N–H and O–H groups in total. The van der Waals surface area contributed by atoms with E-state index in [-0.39, 0.29) is 5.91 Å². The molecule has 0 aliphatic rings. The van der Waals surface area contributed by atoms with Gasteiger partial charge in [-0.05, 0) is 25.1 Å². The first kappa shape index (κ1) is 15.9. The minimum Gasteiger partial charge on any atom is -0.296 e. The second-order valence-electron chi connectivity index (χ2n) is 4.86. The zero-order valence-electron chi connectivity index (χ0n) is 12.0. The molecule has 7 heteroatoms.